The number of aliphatic hydroxyl groups excluding tert-OH is 2. The molecule has 0 aliphatic heterocycles. The highest BCUT2D eigenvalue weighted by molar-refractivity contribution is 7.47. The minimum atomic E-state index is -4.95. The van der Waals surface area contributed by atoms with E-state index in [1.54, 1.807) is 0 Å². The lowest BCUT2D eigenvalue weighted by molar-refractivity contribution is -0.161. The van der Waals surface area contributed by atoms with Gasteiger partial charge in [0.25, 0.3) is 0 Å². The van der Waals surface area contributed by atoms with Crippen molar-refractivity contribution in [2.75, 3.05) is 39.6 Å². The van der Waals surface area contributed by atoms with Crippen molar-refractivity contribution in [1.29, 1.82) is 0 Å². The number of allylic oxidation sites excluding steroid dienone is 30. The first kappa shape index (κ1) is 122. The highest BCUT2D eigenvalue weighted by atomic mass is 31.2. The standard InChI is InChI=1S/C109H186O16P2/c1-4-7-10-13-16-19-22-25-28-31-34-37-40-43-46-48-50-51-53-55-57-59-62-65-68-71-74-77-80-83-86-89-92-95-107(112)119-98-104(110)99-121-126(115,116)122-100-105(111)101-123-127(117,118)124-103-106(125-109(114)97-94-91-88-85-82-79-76-73-70-67-64-61-56-45-42-39-36-33-30-27-24-21-18-15-12-9-6-3)102-120-108(113)96-93-90-87-84-81-78-75-72-69-66-63-60-58-54-52-49-47-44-41-38-35-32-29-26-23-20-17-14-11-8-5-2/h8-9,11-12,16-21,25-30,34-39,43-47,56,64,67,104-106,110-111H,4-7,10,13-15,22-24,31-33,40-42,48-55,57-63,65-66,68-103H2,1-3H3,(H,115,116)(H,117,118)/b11-8-,12-9-,19-16-,20-17-,21-18-,28-25-,29-26-,30-27-,37-34-,38-35-,39-36-,46-43-,47-44-,56-45-,67-64-. The van der Waals surface area contributed by atoms with E-state index in [4.69, 9.17) is 32.3 Å². The Kier molecular flexibility index (Phi) is 95.5. The average Bonchev–Trinajstić information content (AvgIpc) is 0.901. The molecular weight excluding hydrogens is 1630 g/mol. The number of hydrogen-bond donors (Lipinski definition) is 4. The normalized spacial score (nSPS) is 14.4. The Bertz CT molecular complexity index is 3040. The summed E-state index contributed by atoms with van der Waals surface area (Å²) < 4.78 is 61.7. The van der Waals surface area contributed by atoms with Gasteiger partial charge in [0, 0.05) is 19.3 Å². The summed E-state index contributed by atoms with van der Waals surface area (Å²) in [5.74, 6) is -1.57. The molecule has 0 saturated heterocycles. The number of unbranched alkanes of at least 4 members (excludes halogenated alkanes) is 43. The molecule has 4 N–H and O–H groups in total. The van der Waals surface area contributed by atoms with Crippen LogP contribution in [0.25, 0.3) is 0 Å². The summed E-state index contributed by atoms with van der Waals surface area (Å²) in [6.45, 7) is 2.48. The van der Waals surface area contributed by atoms with Crippen LogP contribution in [0.1, 0.15) is 432 Å². The van der Waals surface area contributed by atoms with Crippen LogP contribution in [0.15, 0.2) is 182 Å². The van der Waals surface area contributed by atoms with Crippen LogP contribution < -0.4 is 0 Å². The Hall–Kier alpha value is -5.35. The summed E-state index contributed by atoms with van der Waals surface area (Å²) in [6, 6.07) is 0. The van der Waals surface area contributed by atoms with E-state index >= 15 is 0 Å². The van der Waals surface area contributed by atoms with Gasteiger partial charge in [-0.05, 0) is 161 Å². The van der Waals surface area contributed by atoms with Crippen molar-refractivity contribution in [1.82, 2.24) is 0 Å². The van der Waals surface area contributed by atoms with E-state index in [9.17, 15) is 43.5 Å². The summed E-state index contributed by atoms with van der Waals surface area (Å²) >= 11 is 0. The van der Waals surface area contributed by atoms with Gasteiger partial charge in [0.1, 0.15) is 25.4 Å². The summed E-state index contributed by atoms with van der Waals surface area (Å²) in [5, 5.41) is 20.8. The molecule has 0 aromatic rings. The van der Waals surface area contributed by atoms with E-state index in [0.717, 1.165) is 173 Å². The van der Waals surface area contributed by atoms with Crippen molar-refractivity contribution in [2.45, 2.75) is 450 Å². The van der Waals surface area contributed by atoms with Crippen molar-refractivity contribution >= 4 is 33.6 Å². The van der Waals surface area contributed by atoms with E-state index in [1.165, 1.54) is 199 Å². The SMILES string of the molecule is CC/C=C\C/C=C\C/C=C\C/C=C\C/C=C\C/C=C\CCCCCCCCCCC(=O)OC(COC(=O)CCCCCCCCCCCCCCCCC/C=C\C/C=C\C/C=C\C/C=C\C/C=C\CC)COP(=O)(O)OCC(O)COP(=O)(O)OCC(O)COC(=O)CCCCCCCCCCCCCCCCCCC/C=C\C/C=C\C/C=C\C/C=C\CCCCC. The Balaban J connectivity index is 4.62. The van der Waals surface area contributed by atoms with Crippen LogP contribution in [0.5, 0.6) is 0 Å². The zero-order valence-electron chi connectivity index (χ0n) is 80.6. The maximum absolute atomic E-state index is 13.1. The number of carbonyl (C=O) groups excluding carboxylic acids is 3. The second-order valence-electron chi connectivity index (χ2n) is 33.9. The van der Waals surface area contributed by atoms with Gasteiger partial charge in [0.05, 0.1) is 26.4 Å². The van der Waals surface area contributed by atoms with Crippen molar-refractivity contribution in [3.05, 3.63) is 182 Å². The molecule has 0 aromatic heterocycles. The third kappa shape index (κ3) is 101. The molecule has 127 heavy (non-hydrogen) atoms. The predicted octanol–water partition coefficient (Wildman–Crippen LogP) is 32.3. The molecule has 0 aliphatic rings. The molecule has 0 fully saturated rings. The number of ether oxygens (including phenoxy) is 3. The van der Waals surface area contributed by atoms with Crippen LogP contribution >= 0.6 is 15.6 Å². The smallest absolute Gasteiger partial charge is 0.463 e. The molecule has 0 radical (unpaired) electrons. The fourth-order valence-corrected chi connectivity index (χ4v) is 15.5. The first-order valence-corrected chi connectivity index (χ1v) is 54.1. The van der Waals surface area contributed by atoms with Crippen molar-refractivity contribution in [3.63, 3.8) is 0 Å². The maximum Gasteiger partial charge on any atom is 0.472 e. The van der Waals surface area contributed by atoms with Crippen LogP contribution in [0, 0.1) is 0 Å². The zero-order chi connectivity index (χ0) is 92.1. The Labute approximate surface area is 776 Å². The molecule has 0 aromatic carbocycles. The molecule has 18 heteroatoms. The quantitative estimate of drug-likeness (QED) is 0.0146. The lowest BCUT2D eigenvalue weighted by Crippen LogP contribution is -2.30. The number of hydrogen-bond acceptors (Lipinski definition) is 14. The topological polar surface area (TPSA) is 231 Å². The molecule has 0 bridgehead atoms. The molecule has 0 spiro atoms. The summed E-state index contributed by atoms with van der Waals surface area (Å²) in [7, 11) is -9.82. The highest BCUT2D eigenvalue weighted by Gasteiger charge is 2.30. The number of phosphoric ester groups is 2. The van der Waals surface area contributed by atoms with E-state index in [2.05, 4.69) is 203 Å². The second-order valence-corrected chi connectivity index (χ2v) is 36.8. The molecule has 16 nitrogen and oxygen atoms in total. The minimum absolute atomic E-state index is 0.0900. The second kappa shape index (κ2) is 99.7. The number of rotatable bonds is 96. The molecule has 0 rings (SSSR count). The van der Waals surface area contributed by atoms with Gasteiger partial charge < -0.3 is 34.2 Å². The Morgan fingerprint density at radius 2 is 0.417 bits per heavy atom. The van der Waals surface area contributed by atoms with Crippen LogP contribution in [0.3, 0.4) is 0 Å². The van der Waals surface area contributed by atoms with Gasteiger partial charge in [0.15, 0.2) is 6.10 Å². The van der Waals surface area contributed by atoms with Crippen LogP contribution in [-0.2, 0) is 55.8 Å². The molecule has 5 unspecified atom stereocenters. The van der Waals surface area contributed by atoms with E-state index < -0.39 is 91.5 Å². The third-order valence-corrected chi connectivity index (χ3v) is 23.5. The lowest BCUT2D eigenvalue weighted by atomic mass is 10.0. The monoisotopic (exact) mass is 1810 g/mol. The largest absolute Gasteiger partial charge is 0.472 e. The summed E-state index contributed by atoms with van der Waals surface area (Å²) in [5.41, 5.74) is 0. The van der Waals surface area contributed by atoms with E-state index in [-0.39, 0.29) is 19.3 Å². The molecule has 5 atom stereocenters. The molecule has 0 saturated carbocycles. The number of esters is 3. The molecule has 728 valence electrons. The van der Waals surface area contributed by atoms with Crippen LogP contribution in [-0.4, -0.2) is 95.9 Å². The van der Waals surface area contributed by atoms with Gasteiger partial charge >= 0.3 is 33.6 Å². The Morgan fingerprint density at radius 1 is 0.228 bits per heavy atom. The fraction of sp³-hybridized carbons (Fsp3) is 0.697. The fourth-order valence-electron chi connectivity index (χ4n) is 13.9. The molecule has 0 amide bonds. The van der Waals surface area contributed by atoms with E-state index in [1.807, 2.05) is 0 Å². The van der Waals surface area contributed by atoms with Gasteiger partial charge in [-0.3, -0.25) is 32.5 Å². The van der Waals surface area contributed by atoms with Gasteiger partial charge in [-0.15, -0.1) is 0 Å². The summed E-state index contributed by atoms with van der Waals surface area (Å²) in [4.78, 5) is 59.2. The van der Waals surface area contributed by atoms with Crippen LogP contribution in [0.4, 0.5) is 0 Å². The number of phosphoric acid groups is 2. The van der Waals surface area contributed by atoms with E-state index in [0.29, 0.717) is 19.3 Å². The predicted molar refractivity (Wildman–Crippen MR) is 537 cm³/mol. The number of aliphatic hydroxyl groups is 2. The Morgan fingerprint density at radius 3 is 0.661 bits per heavy atom. The van der Waals surface area contributed by atoms with Gasteiger partial charge in [-0.25, -0.2) is 9.13 Å². The van der Waals surface area contributed by atoms with Gasteiger partial charge in [-0.2, -0.15) is 0 Å². The van der Waals surface area contributed by atoms with Crippen molar-refractivity contribution in [3.8, 4) is 0 Å². The highest BCUT2D eigenvalue weighted by Crippen LogP contribution is 2.45. The number of carbonyl (C=O) groups is 3. The first-order valence-electron chi connectivity index (χ1n) is 51.1. The molecule has 0 heterocycles. The van der Waals surface area contributed by atoms with Gasteiger partial charge in [-0.1, -0.05) is 434 Å². The first-order chi connectivity index (χ1) is 62.2. The van der Waals surface area contributed by atoms with Crippen molar-refractivity contribution in [2.24, 2.45) is 0 Å². The average molecular weight is 1810 g/mol. The minimum Gasteiger partial charge on any atom is -0.463 e. The van der Waals surface area contributed by atoms with Gasteiger partial charge in [0.2, 0.25) is 0 Å². The van der Waals surface area contributed by atoms with Crippen LogP contribution in [0.2, 0.25) is 0 Å². The van der Waals surface area contributed by atoms with Crippen molar-refractivity contribution < 1.29 is 75.8 Å². The summed E-state index contributed by atoms with van der Waals surface area (Å²) in [6.07, 6.45) is 132. The maximum atomic E-state index is 13.1. The third-order valence-electron chi connectivity index (χ3n) is 21.6. The molecular formula is C109H186O16P2. The lowest BCUT2D eigenvalue weighted by Gasteiger charge is -2.21. The zero-order valence-corrected chi connectivity index (χ0v) is 82.4. The molecule has 0 aliphatic carbocycles.